The second-order valence-electron chi connectivity index (χ2n) is 9.09. The summed E-state index contributed by atoms with van der Waals surface area (Å²) in [5.41, 5.74) is -0.678. The van der Waals surface area contributed by atoms with Gasteiger partial charge in [-0.25, -0.2) is 4.79 Å². The third-order valence-electron chi connectivity index (χ3n) is 7.35. The Morgan fingerprint density at radius 3 is 2.34 bits per heavy atom. The van der Waals surface area contributed by atoms with Gasteiger partial charge in [0, 0.05) is 38.1 Å². The van der Waals surface area contributed by atoms with Crippen molar-refractivity contribution in [3.05, 3.63) is 0 Å². The minimum absolute atomic E-state index is 0.0203. The van der Waals surface area contributed by atoms with Crippen LogP contribution in [0.5, 0.6) is 0 Å². The van der Waals surface area contributed by atoms with E-state index in [1.165, 1.54) is 24.2 Å². The maximum Gasteiger partial charge on any atom is 0.325 e. The Labute approximate surface area is 172 Å². The lowest BCUT2D eigenvalue weighted by Gasteiger charge is -2.48. The second kappa shape index (κ2) is 8.60. The summed E-state index contributed by atoms with van der Waals surface area (Å²) in [7, 11) is 0. The summed E-state index contributed by atoms with van der Waals surface area (Å²) >= 11 is 0. The van der Waals surface area contributed by atoms with E-state index in [1.54, 1.807) is 0 Å². The number of rotatable bonds is 6. The van der Waals surface area contributed by atoms with Gasteiger partial charge in [0.05, 0.1) is 13.2 Å². The molecule has 1 spiro atoms. The van der Waals surface area contributed by atoms with Crippen molar-refractivity contribution >= 4 is 17.8 Å². The molecule has 29 heavy (non-hydrogen) atoms. The number of urea groups is 1. The molecule has 2 heterocycles. The first-order valence-electron chi connectivity index (χ1n) is 11.3. The molecule has 0 bridgehead atoms. The molecule has 2 N–H and O–H groups in total. The standard InChI is InChI=1S/C21H34N4O4/c26-17(6-11-25-18(27)21(23-19(25)28)9-4-5-10-21)22-16-20(7-2-1-3-8-20)24-12-14-29-15-13-24/h1-16H2,(H,22,26)(H,23,28). The first kappa shape index (κ1) is 20.6. The van der Waals surface area contributed by atoms with Gasteiger partial charge in [0.2, 0.25) is 5.91 Å². The van der Waals surface area contributed by atoms with Crippen molar-refractivity contribution in [3.63, 3.8) is 0 Å². The molecule has 2 saturated heterocycles. The molecule has 4 aliphatic rings. The van der Waals surface area contributed by atoms with Gasteiger partial charge in [-0.05, 0) is 25.7 Å². The van der Waals surface area contributed by atoms with Crippen molar-refractivity contribution in [2.45, 2.75) is 75.3 Å². The van der Waals surface area contributed by atoms with E-state index in [4.69, 9.17) is 4.74 Å². The number of nitrogens with zero attached hydrogens (tertiary/aromatic N) is 2. The lowest BCUT2D eigenvalue weighted by Crippen LogP contribution is -2.59. The fourth-order valence-corrected chi connectivity index (χ4v) is 5.61. The van der Waals surface area contributed by atoms with Crippen LogP contribution < -0.4 is 10.6 Å². The molecule has 0 unspecified atom stereocenters. The zero-order valence-corrected chi connectivity index (χ0v) is 17.3. The average Bonchev–Trinajstić information content (AvgIpc) is 3.31. The van der Waals surface area contributed by atoms with Gasteiger partial charge in [-0.2, -0.15) is 0 Å². The monoisotopic (exact) mass is 406 g/mol. The fourth-order valence-electron chi connectivity index (χ4n) is 5.61. The number of hydrogen-bond acceptors (Lipinski definition) is 5. The summed E-state index contributed by atoms with van der Waals surface area (Å²) < 4.78 is 5.51. The summed E-state index contributed by atoms with van der Waals surface area (Å²) in [4.78, 5) is 41.3. The molecule has 4 fully saturated rings. The molecule has 2 aliphatic heterocycles. The number of carbonyl (C=O) groups excluding carboxylic acids is 3. The van der Waals surface area contributed by atoms with Crippen LogP contribution in [0.4, 0.5) is 4.79 Å². The van der Waals surface area contributed by atoms with Gasteiger partial charge in [0.25, 0.3) is 5.91 Å². The predicted octanol–water partition coefficient (Wildman–Crippen LogP) is 1.39. The molecule has 0 radical (unpaired) electrons. The number of hydrogen-bond donors (Lipinski definition) is 2. The smallest absolute Gasteiger partial charge is 0.325 e. The average molecular weight is 407 g/mol. The van der Waals surface area contributed by atoms with Crippen LogP contribution in [0.25, 0.3) is 0 Å². The predicted molar refractivity (Wildman–Crippen MR) is 107 cm³/mol. The molecule has 0 aromatic heterocycles. The van der Waals surface area contributed by atoms with Gasteiger partial charge < -0.3 is 15.4 Å². The van der Waals surface area contributed by atoms with E-state index in [0.717, 1.165) is 52.0 Å². The van der Waals surface area contributed by atoms with Crippen LogP contribution in [0.1, 0.15) is 64.2 Å². The van der Waals surface area contributed by atoms with Crippen LogP contribution in [0.15, 0.2) is 0 Å². The third kappa shape index (κ3) is 4.14. The number of ether oxygens (including phenoxy) is 1. The molecular formula is C21H34N4O4. The van der Waals surface area contributed by atoms with Gasteiger partial charge >= 0.3 is 6.03 Å². The molecule has 8 heteroatoms. The quantitative estimate of drug-likeness (QED) is 0.651. The second-order valence-corrected chi connectivity index (χ2v) is 9.09. The highest BCUT2D eigenvalue weighted by Gasteiger charge is 2.52. The summed E-state index contributed by atoms with van der Waals surface area (Å²) in [5.74, 6) is -0.235. The summed E-state index contributed by atoms with van der Waals surface area (Å²) in [6.07, 6.45) is 9.35. The van der Waals surface area contributed by atoms with Gasteiger partial charge in [-0.1, -0.05) is 32.1 Å². The Bertz CT molecular complexity index is 635. The molecule has 0 atom stereocenters. The number of amides is 4. The molecule has 2 aliphatic carbocycles. The molecule has 0 aromatic carbocycles. The lowest BCUT2D eigenvalue weighted by atomic mass is 9.79. The number of nitrogens with one attached hydrogen (secondary N) is 2. The van der Waals surface area contributed by atoms with E-state index < -0.39 is 5.54 Å². The molecule has 8 nitrogen and oxygen atoms in total. The largest absolute Gasteiger partial charge is 0.379 e. The van der Waals surface area contributed by atoms with E-state index in [0.29, 0.717) is 19.4 Å². The summed E-state index contributed by atoms with van der Waals surface area (Å²) in [6, 6.07) is -0.346. The highest BCUT2D eigenvalue weighted by Crippen LogP contribution is 2.35. The van der Waals surface area contributed by atoms with Crippen molar-refractivity contribution in [1.29, 1.82) is 0 Å². The Balaban J connectivity index is 1.30. The minimum atomic E-state index is -0.698. The van der Waals surface area contributed by atoms with E-state index in [2.05, 4.69) is 15.5 Å². The molecule has 0 aromatic rings. The van der Waals surface area contributed by atoms with Gasteiger partial charge in [-0.15, -0.1) is 0 Å². The lowest BCUT2D eigenvalue weighted by molar-refractivity contribution is -0.131. The van der Waals surface area contributed by atoms with E-state index in [9.17, 15) is 14.4 Å². The number of morpholine rings is 1. The van der Waals surface area contributed by atoms with Crippen LogP contribution in [0, 0.1) is 0 Å². The van der Waals surface area contributed by atoms with Crippen LogP contribution in [-0.2, 0) is 14.3 Å². The SMILES string of the molecule is O=C(CCN1C(=O)NC2(CCCC2)C1=O)NCC1(N2CCOCC2)CCCCC1. The Morgan fingerprint density at radius 1 is 1.00 bits per heavy atom. The highest BCUT2D eigenvalue weighted by molar-refractivity contribution is 6.07. The normalized spacial score (nSPS) is 26.7. The van der Waals surface area contributed by atoms with Crippen LogP contribution >= 0.6 is 0 Å². The first-order valence-corrected chi connectivity index (χ1v) is 11.3. The van der Waals surface area contributed by atoms with Crippen LogP contribution in [-0.4, -0.2) is 78.1 Å². The van der Waals surface area contributed by atoms with E-state index >= 15 is 0 Å². The van der Waals surface area contributed by atoms with Crippen molar-refractivity contribution in [2.75, 3.05) is 39.4 Å². The van der Waals surface area contributed by atoms with Crippen LogP contribution in [0.2, 0.25) is 0 Å². The van der Waals surface area contributed by atoms with Crippen molar-refractivity contribution in [3.8, 4) is 0 Å². The van der Waals surface area contributed by atoms with E-state index in [1.807, 2.05) is 0 Å². The van der Waals surface area contributed by atoms with Crippen LogP contribution in [0.3, 0.4) is 0 Å². The third-order valence-corrected chi connectivity index (χ3v) is 7.35. The fraction of sp³-hybridized carbons (Fsp3) is 0.857. The summed E-state index contributed by atoms with van der Waals surface area (Å²) in [5, 5.41) is 5.99. The van der Waals surface area contributed by atoms with Crippen molar-refractivity contribution in [1.82, 2.24) is 20.4 Å². The Morgan fingerprint density at radius 2 is 1.66 bits per heavy atom. The number of imide groups is 1. The zero-order valence-electron chi connectivity index (χ0n) is 17.3. The maximum absolute atomic E-state index is 12.7. The van der Waals surface area contributed by atoms with Crippen molar-refractivity contribution < 1.29 is 19.1 Å². The Hall–Kier alpha value is -1.67. The maximum atomic E-state index is 12.7. The Kier molecular flexibility index (Phi) is 6.11. The van der Waals surface area contributed by atoms with E-state index in [-0.39, 0.29) is 36.3 Å². The molecular weight excluding hydrogens is 372 g/mol. The van der Waals surface area contributed by atoms with Gasteiger partial charge in [0.1, 0.15) is 5.54 Å². The summed E-state index contributed by atoms with van der Waals surface area (Å²) in [6.45, 7) is 4.13. The minimum Gasteiger partial charge on any atom is -0.379 e. The number of carbonyl (C=O) groups is 3. The molecule has 2 saturated carbocycles. The first-order chi connectivity index (χ1) is 14.0. The van der Waals surface area contributed by atoms with Gasteiger partial charge in [0.15, 0.2) is 0 Å². The molecule has 4 rings (SSSR count). The van der Waals surface area contributed by atoms with Gasteiger partial charge in [-0.3, -0.25) is 19.4 Å². The molecule has 162 valence electrons. The van der Waals surface area contributed by atoms with Crippen molar-refractivity contribution in [2.24, 2.45) is 0 Å². The topological polar surface area (TPSA) is 91.0 Å². The zero-order chi connectivity index (χ0) is 20.3. The molecule has 4 amide bonds. The highest BCUT2D eigenvalue weighted by atomic mass is 16.5.